The maximum absolute atomic E-state index is 13.7. The van der Waals surface area contributed by atoms with Gasteiger partial charge in [0.25, 0.3) is 0 Å². The van der Waals surface area contributed by atoms with E-state index in [1.54, 1.807) is 11.1 Å². The van der Waals surface area contributed by atoms with Crippen molar-refractivity contribution >= 4 is 11.8 Å². The van der Waals surface area contributed by atoms with E-state index < -0.39 is 0 Å². The summed E-state index contributed by atoms with van der Waals surface area (Å²) in [7, 11) is 1.84. The van der Waals surface area contributed by atoms with Crippen molar-refractivity contribution in [2.45, 2.75) is 64.0 Å². The molecule has 1 unspecified atom stereocenters. The zero-order valence-corrected chi connectivity index (χ0v) is 16.8. The Balaban J connectivity index is 1.31. The molecule has 4 bridgehead atoms. The van der Waals surface area contributed by atoms with Crippen molar-refractivity contribution in [1.29, 1.82) is 0 Å². The van der Waals surface area contributed by atoms with Crippen molar-refractivity contribution in [3.05, 3.63) is 30.1 Å². The van der Waals surface area contributed by atoms with Gasteiger partial charge in [-0.3, -0.25) is 14.6 Å². The highest BCUT2D eigenvalue weighted by Gasteiger charge is 2.56. The number of likely N-dealkylation sites (tertiary alicyclic amines) is 1. The highest BCUT2D eigenvalue weighted by atomic mass is 16.2. The smallest absolute Gasteiger partial charge is 0.245 e. The number of rotatable bonds is 4. The molecule has 6 rings (SSSR count). The van der Waals surface area contributed by atoms with Crippen LogP contribution in [-0.4, -0.2) is 46.2 Å². The first kappa shape index (κ1) is 18.1. The molecule has 1 aliphatic heterocycles. The van der Waals surface area contributed by atoms with Gasteiger partial charge in [-0.05, 0) is 81.3 Å². The van der Waals surface area contributed by atoms with Crippen LogP contribution in [0.2, 0.25) is 0 Å². The van der Waals surface area contributed by atoms with Gasteiger partial charge in [-0.1, -0.05) is 6.07 Å². The average Bonchev–Trinajstić information content (AvgIpc) is 3.16. The summed E-state index contributed by atoms with van der Waals surface area (Å²) >= 11 is 0. The molecule has 5 heteroatoms. The summed E-state index contributed by atoms with van der Waals surface area (Å²) in [5.74, 6) is 2.62. The molecule has 4 saturated carbocycles. The molecule has 1 atom stereocenters. The molecule has 1 saturated heterocycles. The highest BCUT2D eigenvalue weighted by Crippen LogP contribution is 2.60. The first-order valence-corrected chi connectivity index (χ1v) is 11.0. The van der Waals surface area contributed by atoms with E-state index in [1.807, 2.05) is 30.1 Å². The van der Waals surface area contributed by atoms with Gasteiger partial charge in [0.05, 0.1) is 17.7 Å². The molecule has 1 aromatic rings. The minimum atomic E-state index is -0.283. The molecule has 5 nitrogen and oxygen atoms in total. The molecule has 1 aromatic heterocycles. The number of likely N-dealkylation sites (N-methyl/N-ethyl adjacent to an activating group) is 1. The number of amides is 2. The SMILES string of the molecule is CN(Cc1ccccn1)C(=O)C1CCCN1C(=O)C12CC3CC(CC(C3)C1)C2. The van der Waals surface area contributed by atoms with Crippen LogP contribution in [0.3, 0.4) is 0 Å². The number of aromatic nitrogens is 1. The second-order valence-corrected chi connectivity index (χ2v) is 9.87. The molecule has 4 aliphatic carbocycles. The fourth-order valence-corrected chi connectivity index (χ4v) is 7.01. The Labute approximate surface area is 167 Å². The standard InChI is InChI=1S/C23H31N3O2/c1-25(15-19-5-2-3-7-24-19)21(27)20-6-4-8-26(20)22(28)23-12-16-9-17(13-23)11-18(10-16)14-23/h2-3,5,7,16-18,20H,4,6,8-15H2,1H3. The van der Waals surface area contributed by atoms with Crippen molar-refractivity contribution < 1.29 is 9.59 Å². The van der Waals surface area contributed by atoms with E-state index in [4.69, 9.17) is 0 Å². The van der Waals surface area contributed by atoms with Gasteiger partial charge < -0.3 is 9.80 Å². The lowest BCUT2D eigenvalue weighted by atomic mass is 9.49. The van der Waals surface area contributed by atoms with Gasteiger partial charge in [-0.2, -0.15) is 0 Å². The molecular formula is C23H31N3O2. The zero-order valence-electron chi connectivity index (χ0n) is 16.8. The van der Waals surface area contributed by atoms with Gasteiger partial charge >= 0.3 is 0 Å². The van der Waals surface area contributed by atoms with Crippen molar-refractivity contribution in [2.24, 2.45) is 23.2 Å². The van der Waals surface area contributed by atoms with E-state index in [-0.39, 0.29) is 17.4 Å². The van der Waals surface area contributed by atoms with Gasteiger partial charge in [0.1, 0.15) is 6.04 Å². The Morgan fingerprint density at radius 1 is 1.14 bits per heavy atom. The Bertz CT molecular complexity index is 727. The summed E-state index contributed by atoms with van der Waals surface area (Å²) < 4.78 is 0. The van der Waals surface area contributed by atoms with Gasteiger partial charge in [0, 0.05) is 19.8 Å². The minimum absolute atomic E-state index is 0.0706. The number of carbonyl (C=O) groups excluding carboxylic acids is 2. The maximum Gasteiger partial charge on any atom is 0.245 e. The molecule has 0 N–H and O–H groups in total. The number of pyridine rings is 1. The highest BCUT2D eigenvalue weighted by molar-refractivity contribution is 5.91. The molecule has 0 radical (unpaired) electrons. The van der Waals surface area contributed by atoms with E-state index in [0.29, 0.717) is 12.5 Å². The fraction of sp³-hybridized carbons (Fsp3) is 0.696. The van der Waals surface area contributed by atoms with Crippen molar-refractivity contribution in [2.75, 3.05) is 13.6 Å². The third-order valence-electron chi connectivity index (χ3n) is 7.79. The van der Waals surface area contributed by atoms with Crippen LogP contribution in [0.25, 0.3) is 0 Å². The monoisotopic (exact) mass is 381 g/mol. The summed E-state index contributed by atoms with van der Waals surface area (Å²) in [4.78, 5) is 35.0. The minimum Gasteiger partial charge on any atom is -0.338 e. The van der Waals surface area contributed by atoms with Gasteiger partial charge in [0.15, 0.2) is 0 Å². The molecule has 5 fully saturated rings. The summed E-state index contributed by atoms with van der Waals surface area (Å²) in [5, 5.41) is 0. The predicted molar refractivity (Wildman–Crippen MR) is 106 cm³/mol. The molecule has 2 heterocycles. The lowest BCUT2D eigenvalue weighted by Crippen LogP contribution is -2.57. The number of hydrogen-bond acceptors (Lipinski definition) is 3. The van der Waals surface area contributed by atoms with Crippen LogP contribution in [-0.2, 0) is 16.1 Å². The number of nitrogens with zero attached hydrogens (tertiary/aromatic N) is 3. The lowest BCUT2D eigenvalue weighted by molar-refractivity contribution is -0.161. The van der Waals surface area contributed by atoms with Crippen LogP contribution in [0.5, 0.6) is 0 Å². The summed E-state index contributed by atoms with van der Waals surface area (Å²) in [6.07, 6.45) is 10.7. The van der Waals surface area contributed by atoms with E-state index in [9.17, 15) is 9.59 Å². The fourth-order valence-electron chi connectivity index (χ4n) is 7.01. The predicted octanol–water partition coefficient (Wildman–Crippen LogP) is 3.25. The average molecular weight is 382 g/mol. The van der Waals surface area contributed by atoms with Crippen LogP contribution in [0.15, 0.2) is 24.4 Å². The van der Waals surface area contributed by atoms with Gasteiger partial charge in [0.2, 0.25) is 11.8 Å². The van der Waals surface area contributed by atoms with Crippen LogP contribution >= 0.6 is 0 Å². The van der Waals surface area contributed by atoms with Crippen molar-refractivity contribution in [1.82, 2.24) is 14.8 Å². The largest absolute Gasteiger partial charge is 0.338 e. The topological polar surface area (TPSA) is 53.5 Å². The normalized spacial score (nSPS) is 36.0. The Morgan fingerprint density at radius 2 is 1.82 bits per heavy atom. The number of hydrogen-bond donors (Lipinski definition) is 0. The Morgan fingerprint density at radius 3 is 2.43 bits per heavy atom. The van der Waals surface area contributed by atoms with Crippen molar-refractivity contribution in [3.8, 4) is 0 Å². The molecule has 0 aromatic carbocycles. The first-order valence-electron chi connectivity index (χ1n) is 11.0. The third kappa shape index (κ3) is 3.03. The maximum atomic E-state index is 13.7. The third-order valence-corrected chi connectivity index (χ3v) is 7.79. The van der Waals surface area contributed by atoms with Gasteiger partial charge in [-0.15, -0.1) is 0 Å². The lowest BCUT2D eigenvalue weighted by Gasteiger charge is -2.56. The van der Waals surface area contributed by atoms with Crippen molar-refractivity contribution in [3.63, 3.8) is 0 Å². The van der Waals surface area contributed by atoms with Crippen LogP contribution in [0.4, 0.5) is 0 Å². The van der Waals surface area contributed by atoms with E-state index >= 15 is 0 Å². The van der Waals surface area contributed by atoms with Crippen LogP contribution < -0.4 is 0 Å². The Hall–Kier alpha value is -1.91. The summed E-state index contributed by atoms with van der Waals surface area (Å²) in [6, 6.07) is 5.48. The molecular weight excluding hydrogens is 350 g/mol. The quantitative estimate of drug-likeness (QED) is 0.804. The first-order chi connectivity index (χ1) is 13.5. The summed E-state index contributed by atoms with van der Waals surface area (Å²) in [6.45, 7) is 1.24. The van der Waals surface area contributed by atoms with E-state index in [2.05, 4.69) is 4.98 Å². The van der Waals surface area contributed by atoms with Crippen LogP contribution in [0, 0.1) is 23.2 Å². The molecule has 0 spiro atoms. The van der Waals surface area contributed by atoms with Crippen LogP contribution in [0.1, 0.15) is 57.1 Å². The second kappa shape index (κ2) is 6.85. The Kier molecular flexibility index (Phi) is 4.44. The van der Waals surface area contributed by atoms with E-state index in [0.717, 1.165) is 62.1 Å². The number of carbonyl (C=O) groups is 2. The molecule has 2 amide bonds. The zero-order chi connectivity index (χ0) is 19.3. The van der Waals surface area contributed by atoms with E-state index in [1.165, 1.54) is 19.3 Å². The molecule has 5 aliphatic rings. The van der Waals surface area contributed by atoms with Gasteiger partial charge in [-0.25, -0.2) is 0 Å². The molecule has 28 heavy (non-hydrogen) atoms. The second-order valence-electron chi connectivity index (χ2n) is 9.87. The molecule has 150 valence electrons. The summed E-state index contributed by atoms with van der Waals surface area (Å²) in [5.41, 5.74) is 0.729.